The van der Waals surface area contributed by atoms with Crippen LogP contribution in [0.25, 0.3) is 0 Å². The lowest BCUT2D eigenvalue weighted by Crippen LogP contribution is -2.40. The van der Waals surface area contributed by atoms with Crippen molar-refractivity contribution in [2.24, 2.45) is 22.2 Å². The molecule has 0 aliphatic carbocycles. The molecule has 6 aliphatic rings. The molecule has 0 N–H and O–H groups in total. The average Bonchev–Trinajstić information content (AvgIpc) is 4.01. The molecule has 6 saturated heterocycles. The largest absolute Gasteiger partial charge is 0.465 e. The van der Waals surface area contributed by atoms with E-state index in [4.69, 9.17) is 71.1 Å². The van der Waals surface area contributed by atoms with Crippen molar-refractivity contribution in [3.8, 4) is 0 Å². The number of hydrogen-bond acceptors (Lipinski definition) is 18. The third kappa shape index (κ3) is 18.0. The number of esters is 3. The van der Waals surface area contributed by atoms with Crippen LogP contribution in [0.4, 0.5) is 0 Å². The molecule has 0 saturated carbocycles. The molecule has 6 rings (SSSR count). The lowest BCUT2D eigenvalue weighted by molar-refractivity contribution is -0.167. The van der Waals surface area contributed by atoms with Crippen LogP contribution in [0.3, 0.4) is 0 Å². The van der Waals surface area contributed by atoms with Gasteiger partial charge in [-0.1, -0.05) is 20.8 Å². The maximum absolute atomic E-state index is 14.0. The second-order valence-corrected chi connectivity index (χ2v) is 17.4. The van der Waals surface area contributed by atoms with E-state index in [-0.39, 0.29) is 96.1 Å². The van der Waals surface area contributed by atoms with Gasteiger partial charge in [0.25, 0.3) is 0 Å². The van der Waals surface area contributed by atoms with Crippen LogP contribution in [-0.2, 0) is 85.4 Å². The minimum Gasteiger partial charge on any atom is -0.465 e. The van der Waals surface area contributed by atoms with E-state index in [1.54, 1.807) is 0 Å². The molecule has 0 aromatic carbocycles. The van der Waals surface area contributed by atoms with Crippen molar-refractivity contribution < 1.29 is 85.4 Å². The van der Waals surface area contributed by atoms with Crippen LogP contribution in [0, 0.1) is 22.2 Å². The highest BCUT2D eigenvalue weighted by Gasteiger charge is 2.39. The van der Waals surface area contributed by atoms with Gasteiger partial charge in [0.2, 0.25) is 0 Å². The van der Waals surface area contributed by atoms with Crippen LogP contribution in [0.1, 0.15) is 52.9 Å². The maximum Gasteiger partial charge on any atom is 0.310 e. The number of epoxide rings is 6. The quantitative estimate of drug-likeness (QED) is 0.0492. The summed E-state index contributed by atoms with van der Waals surface area (Å²) in [5.74, 6) is -3.28. The molecule has 0 aromatic rings. The highest BCUT2D eigenvalue weighted by molar-refractivity contribution is 5.84. The monoisotopic (exact) mass is 860 g/mol. The molecule has 6 aliphatic heterocycles. The molecular weight excluding hydrogens is 792 g/mol. The predicted molar refractivity (Wildman–Crippen MR) is 207 cm³/mol. The Bertz CT molecular complexity index is 1190. The van der Waals surface area contributed by atoms with Gasteiger partial charge in [-0.05, 0) is 19.3 Å². The van der Waals surface area contributed by atoms with Gasteiger partial charge in [-0.25, -0.2) is 0 Å². The minimum atomic E-state index is -1.20. The topological polar surface area (TPSA) is 209 Å². The fourth-order valence-electron chi connectivity index (χ4n) is 6.29. The average molecular weight is 861 g/mol. The molecule has 6 fully saturated rings. The van der Waals surface area contributed by atoms with Gasteiger partial charge in [0.1, 0.15) is 56.4 Å². The molecule has 18 nitrogen and oxygen atoms in total. The molecule has 0 radical (unpaired) electrons. The summed E-state index contributed by atoms with van der Waals surface area (Å²) in [5.41, 5.74) is -2.01. The van der Waals surface area contributed by atoms with Crippen molar-refractivity contribution in [1.29, 1.82) is 0 Å². The zero-order valence-corrected chi connectivity index (χ0v) is 35.8. The summed E-state index contributed by atoms with van der Waals surface area (Å²) in [6.07, 6.45) is 1.28. The lowest BCUT2D eigenvalue weighted by atomic mass is 9.87. The zero-order valence-electron chi connectivity index (χ0n) is 35.8. The molecule has 0 aromatic heterocycles. The first-order valence-electron chi connectivity index (χ1n) is 21.8. The fourth-order valence-corrected chi connectivity index (χ4v) is 6.29. The Morgan fingerprint density at radius 2 is 0.650 bits per heavy atom. The van der Waals surface area contributed by atoms with Crippen molar-refractivity contribution in [3.63, 3.8) is 0 Å². The van der Waals surface area contributed by atoms with Crippen LogP contribution in [0.2, 0.25) is 0 Å². The lowest BCUT2D eigenvalue weighted by Gasteiger charge is -2.33. The number of ether oxygens (including phenoxy) is 15. The summed E-state index contributed by atoms with van der Waals surface area (Å²) < 4.78 is 85.4. The van der Waals surface area contributed by atoms with Gasteiger partial charge in [0.15, 0.2) is 0 Å². The van der Waals surface area contributed by atoms with Crippen LogP contribution in [0.15, 0.2) is 0 Å². The van der Waals surface area contributed by atoms with Gasteiger partial charge in [-0.2, -0.15) is 0 Å². The van der Waals surface area contributed by atoms with E-state index in [1.165, 1.54) is 0 Å². The third-order valence-electron chi connectivity index (χ3n) is 11.7. The van der Waals surface area contributed by atoms with Crippen molar-refractivity contribution in [2.75, 3.05) is 139 Å². The predicted octanol–water partition coefficient (Wildman–Crippen LogP) is 1.69. The standard InChI is InChI=1S/C42H68O18/c1-4-40(21-46-9-31-15-52-31,22-47-10-32-16-53-32)27-58-37(43)7-30(39(45)60-29-42(6-3,25-50-13-35-19-56-35)26-51-14-36-20-57-36)8-38(44)59-28-41(5-2,23-48-11-33-17-54-33)24-49-12-34-18-55-34/h30-36H,4-29H2,1-3H3. The molecule has 6 atom stereocenters. The van der Waals surface area contributed by atoms with E-state index in [9.17, 15) is 14.4 Å². The van der Waals surface area contributed by atoms with E-state index < -0.39 is 52.9 Å². The number of carbonyl (C=O) groups excluding carboxylic acids is 3. The fraction of sp³-hybridized carbons (Fsp3) is 0.929. The Kier molecular flexibility index (Phi) is 18.6. The molecule has 0 bridgehead atoms. The summed E-state index contributed by atoms with van der Waals surface area (Å²) in [6, 6.07) is 0. The van der Waals surface area contributed by atoms with E-state index in [0.717, 1.165) is 0 Å². The number of carbonyl (C=O) groups is 3. The van der Waals surface area contributed by atoms with Crippen molar-refractivity contribution in [3.05, 3.63) is 0 Å². The van der Waals surface area contributed by atoms with Crippen LogP contribution in [0.5, 0.6) is 0 Å². The summed E-state index contributed by atoms with van der Waals surface area (Å²) in [6.45, 7) is 13.9. The van der Waals surface area contributed by atoms with Crippen LogP contribution in [-0.4, -0.2) is 193 Å². The van der Waals surface area contributed by atoms with E-state index >= 15 is 0 Å². The van der Waals surface area contributed by atoms with Gasteiger partial charge in [0.05, 0.1) is 154 Å². The SMILES string of the molecule is CCC(COCC1CO1)(COCC1CO1)COC(=O)CC(CC(=O)OCC(CC)(COCC1CO1)COCC1CO1)C(=O)OCC(CC)(COCC1CO1)COCC1CO1. The van der Waals surface area contributed by atoms with Gasteiger partial charge in [0, 0.05) is 0 Å². The molecule has 6 unspecified atom stereocenters. The normalized spacial score (nSPS) is 28.1. The molecule has 344 valence electrons. The zero-order chi connectivity index (χ0) is 42.3. The van der Waals surface area contributed by atoms with Crippen LogP contribution < -0.4 is 0 Å². The van der Waals surface area contributed by atoms with Gasteiger partial charge in [-0.15, -0.1) is 0 Å². The molecule has 60 heavy (non-hydrogen) atoms. The van der Waals surface area contributed by atoms with Gasteiger partial charge < -0.3 is 71.1 Å². The summed E-state index contributed by atoms with van der Waals surface area (Å²) in [5, 5.41) is 0. The first-order chi connectivity index (χ1) is 29.1. The van der Waals surface area contributed by atoms with E-state index in [1.807, 2.05) is 20.8 Å². The Balaban J connectivity index is 1.08. The molecule has 6 heterocycles. The summed E-state index contributed by atoms with van der Waals surface area (Å²) >= 11 is 0. The van der Waals surface area contributed by atoms with Crippen molar-refractivity contribution in [2.45, 2.75) is 89.5 Å². The molecule has 0 amide bonds. The highest BCUT2D eigenvalue weighted by Crippen LogP contribution is 2.30. The highest BCUT2D eigenvalue weighted by atomic mass is 16.6. The van der Waals surface area contributed by atoms with Gasteiger partial charge >= 0.3 is 17.9 Å². The van der Waals surface area contributed by atoms with E-state index in [0.29, 0.717) is 98.5 Å². The van der Waals surface area contributed by atoms with E-state index in [2.05, 4.69) is 0 Å². The smallest absolute Gasteiger partial charge is 0.310 e. The first-order valence-corrected chi connectivity index (χ1v) is 21.8. The Labute approximate surface area is 353 Å². The molecular formula is C42H68O18. The Morgan fingerprint density at radius 3 is 0.867 bits per heavy atom. The number of hydrogen-bond donors (Lipinski definition) is 0. The minimum absolute atomic E-state index is 0.0224. The van der Waals surface area contributed by atoms with Crippen LogP contribution >= 0.6 is 0 Å². The van der Waals surface area contributed by atoms with Crippen molar-refractivity contribution >= 4 is 17.9 Å². The summed E-state index contributed by atoms with van der Waals surface area (Å²) in [7, 11) is 0. The summed E-state index contributed by atoms with van der Waals surface area (Å²) in [4.78, 5) is 41.4. The van der Waals surface area contributed by atoms with Gasteiger partial charge in [-0.3, -0.25) is 14.4 Å². The maximum atomic E-state index is 14.0. The number of rotatable bonds is 38. The molecule has 0 spiro atoms. The molecule has 18 heteroatoms. The second kappa shape index (κ2) is 23.6. The Morgan fingerprint density at radius 1 is 0.417 bits per heavy atom. The second-order valence-electron chi connectivity index (χ2n) is 17.4. The van der Waals surface area contributed by atoms with Crippen molar-refractivity contribution in [1.82, 2.24) is 0 Å². The third-order valence-corrected chi connectivity index (χ3v) is 11.7. The Hall–Kier alpha value is -2.07. The first kappa shape index (κ1) is 47.4.